The van der Waals surface area contributed by atoms with Crippen molar-refractivity contribution in [2.24, 2.45) is 0 Å². The molecule has 0 atom stereocenters. The Morgan fingerprint density at radius 3 is 1.72 bits per heavy atom. The molecule has 0 radical (unpaired) electrons. The van der Waals surface area contributed by atoms with Gasteiger partial charge in [-0.3, -0.25) is 0 Å². The van der Waals surface area contributed by atoms with Crippen LogP contribution >= 0.6 is 0 Å². The number of esters is 3. The second-order valence-corrected chi connectivity index (χ2v) is 4.88. The molecule has 0 saturated heterocycles. The predicted molar refractivity (Wildman–Crippen MR) is 90.2 cm³/mol. The number of benzene rings is 2. The molecule has 6 nitrogen and oxygen atoms in total. The molecule has 0 bridgehead atoms. The Kier molecular flexibility index (Phi) is 6.06. The lowest BCUT2D eigenvalue weighted by Gasteiger charge is -2.03. The van der Waals surface area contributed by atoms with Crippen LogP contribution in [0.2, 0.25) is 0 Å². The van der Waals surface area contributed by atoms with Crippen molar-refractivity contribution in [1.82, 2.24) is 0 Å². The molecule has 0 heterocycles. The second kappa shape index (κ2) is 8.44. The molecule has 2 aromatic rings. The van der Waals surface area contributed by atoms with Crippen LogP contribution in [0.3, 0.4) is 0 Å². The van der Waals surface area contributed by atoms with E-state index in [4.69, 9.17) is 4.74 Å². The summed E-state index contributed by atoms with van der Waals surface area (Å²) in [4.78, 5) is 34.5. The summed E-state index contributed by atoms with van der Waals surface area (Å²) in [7, 11) is 2.60. The number of hydrogen-bond donors (Lipinski definition) is 0. The van der Waals surface area contributed by atoms with Crippen molar-refractivity contribution >= 4 is 24.0 Å². The molecule has 6 heteroatoms. The molecule has 2 rings (SSSR count). The van der Waals surface area contributed by atoms with Gasteiger partial charge in [0.15, 0.2) is 0 Å². The van der Waals surface area contributed by atoms with E-state index in [0.29, 0.717) is 16.9 Å². The second-order valence-electron chi connectivity index (χ2n) is 4.88. The zero-order valence-electron chi connectivity index (χ0n) is 13.7. The third-order valence-electron chi connectivity index (χ3n) is 3.24. The van der Waals surface area contributed by atoms with E-state index in [2.05, 4.69) is 9.47 Å². The molecule has 0 aliphatic heterocycles. The van der Waals surface area contributed by atoms with Crippen LogP contribution in [0, 0.1) is 0 Å². The lowest BCUT2D eigenvalue weighted by molar-refractivity contribution is -0.128. The van der Waals surface area contributed by atoms with Crippen LogP contribution in [0.25, 0.3) is 6.08 Å². The highest BCUT2D eigenvalue weighted by Crippen LogP contribution is 2.14. The molecule has 0 saturated carbocycles. The summed E-state index contributed by atoms with van der Waals surface area (Å²) in [5.41, 5.74) is 1.52. The van der Waals surface area contributed by atoms with Crippen LogP contribution in [0.1, 0.15) is 26.3 Å². The van der Waals surface area contributed by atoms with Crippen LogP contribution in [0.4, 0.5) is 0 Å². The normalized spacial score (nSPS) is 10.3. The predicted octanol–water partition coefficient (Wildman–Crippen LogP) is 2.88. The first-order valence-electron chi connectivity index (χ1n) is 7.30. The van der Waals surface area contributed by atoms with E-state index < -0.39 is 17.9 Å². The van der Waals surface area contributed by atoms with Gasteiger partial charge in [0.1, 0.15) is 5.75 Å². The SMILES string of the molecule is COC(=O)c1ccc(/C=C/C(=O)Oc2ccc(C(=O)OC)cc2)cc1. The molecular formula is C19H16O6. The fourth-order valence-corrected chi connectivity index (χ4v) is 1.94. The number of carbonyl (C=O) groups excluding carboxylic acids is 3. The van der Waals surface area contributed by atoms with E-state index in [-0.39, 0.29) is 0 Å². The maximum Gasteiger partial charge on any atom is 0.337 e. The number of carbonyl (C=O) groups is 3. The quantitative estimate of drug-likeness (QED) is 0.473. The van der Waals surface area contributed by atoms with E-state index >= 15 is 0 Å². The highest BCUT2D eigenvalue weighted by atomic mass is 16.5. The molecule has 0 spiro atoms. The van der Waals surface area contributed by atoms with E-state index in [0.717, 1.165) is 5.56 Å². The van der Waals surface area contributed by atoms with Crippen molar-refractivity contribution in [3.63, 3.8) is 0 Å². The first kappa shape index (κ1) is 17.9. The Balaban J connectivity index is 1.96. The summed E-state index contributed by atoms with van der Waals surface area (Å²) in [5, 5.41) is 0. The van der Waals surface area contributed by atoms with Gasteiger partial charge in [-0.15, -0.1) is 0 Å². The van der Waals surface area contributed by atoms with Crippen LogP contribution in [0.5, 0.6) is 5.75 Å². The topological polar surface area (TPSA) is 78.9 Å². The highest BCUT2D eigenvalue weighted by Gasteiger charge is 2.07. The van der Waals surface area contributed by atoms with Crippen LogP contribution < -0.4 is 4.74 Å². The molecular weight excluding hydrogens is 324 g/mol. The standard InChI is InChI=1S/C19H16O6/c1-23-18(21)14-6-3-13(4-7-14)5-12-17(20)25-16-10-8-15(9-11-16)19(22)24-2/h3-12H,1-2H3/b12-5+. The van der Waals surface area contributed by atoms with Gasteiger partial charge in [-0.2, -0.15) is 0 Å². The summed E-state index contributed by atoms with van der Waals surface area (Å²) in [5.74, 6) is -1.15. The van der Waals surface area contributed by atoms with Gasteiger partial charge in [0.2, 0.25) is 0 Å². The zero-order chi connectivity index (χ0) is 18.2. The lowest BCUT2D eigenvalue weighted by Crippen LogP contribution is -2.05. The van der Waals surface area contributed by atoms with Crippen molar-refractivity contribution < 1.29 is 28.6 Å². The van der Waals surface area contributed by atoms with E-state index in [9.17, 15) is 14.4 Å². The van der Waals surface area contributed by atoms with E-state index in [1.807, 2.05) is 0 Å². The third kappa shape index (κ3) is 5.04. The van der Waals surface area contributed by atoms with Gasteiger partial charge in [0.25, 0.3) is 0 Å². The van der Waals surface area contributed by atoms with Gasteiger partial charge in [-0.25, -0.2) is 14.4 Å². The van der Waals surface area contributed by atoms with Gasteiger partial charge in [-0.1, -0.05) is 12.1 Å². The Morgan fingerprint density at radius 1 is 0.760 bits per heavy atom. The van der Waals surface area contributed by atoms with Crippen molar-refractivity contribution in [3.8, 4) is 5.75 Å². The van der Waals surface area contributed by atoms with Gasteiger partial charge in [0, 0.05) is 6.08 Å². The summed E-state index contributed by atoms with van der Waals surface area (Å²) < 4.78 is 14.3. The molecule has 2 aromatic carbocycles. The van der Waals surface area contributed by atoms with Gasteiger partial charge >= 0.3 is 17.9 Å². The molecule has 0 fully saturated rings. The smallest absolute Gasteiger partial charge is 0.337 e. The Hall–Kier alpha value is -3.41. The largest absolute Gasteiger partial charge is 0.465 e. The molecule has 128 valence electrons. The number of rotatable bonds is 5. The summed E-state index contributed by atoms with van der Waals surface area (Å²) in [6.07, 6.45) is 2.83. The van der Waals surface area contributed by atoms with Crippen molar-refractivity contribution in [3.05, 3.63) is 71.3 Å². The summed E-state index contributed by atoms with van der Waals surface area (Å²) >= 11 is 0. The molecule has 0 aliphatic carbocycles. The van der Waals surface area contributed by atoms with Gasteiger partial charge < -0.3 is 14.2 Å². The fourth-order valence-electron chi connectivity index (χ4n) is 1.94. The molecule has 0 unspecified atom stereocenters. The molecule has 0 N–H and O–H groups in total. The summed E-state index contributed by atoms with van der Waals surface area (Å²) in [6.45, 7) is 0. The fraction of sp³-hybridized carbons (Fsp3) is 0.105. The Labute approximate surface area is 144 Å². The van der Waals surface area contributed by atoms with Crippen LogP contribution in [0.15, 0.2) is 54.6 Å². The monoisotopic (exact) mass is 340 g/mol. The van der Waals surface area contributed by atoms with Crippen LogP contribution in [-0.2, 0) is 14.3 Å². The summed E-state index contributed by atoms with van der Waals surface area (Å²) in [6, 6.07) is 12.6. The van der Waals surface area contributed by atoms with E-state index in [1.165, 1.54) is 44.6 Å². The maximum atomic E-state index is 11.8. The third-order valence-corrected chi connectivity index (χ3v) is 3.24. The average molecular weight is 340 g/mol. The number of hydrogen-bond acceptors (Lipinski definition) is 6. The molecule has 25 heavy (non-hydrogen) atoms. The number of methoxy groups -OCH3 is 2. The van der Waals surface area contributed by atoms with Crippen LogP contribution in [-0.4, -0.2) is 32.1 Å². The Bertz CT molecular complexity index is 788. The first-order valence-corrected chi connectivity index (χ1v) is 7.30. The van der Waals surface area contributed by atoms with Gasteiger partial charge in [0.05, 0.1) is 25.3 Å². The molecule has 0 amide bonds. The minimum absolute atomic E-state index is 0.309. The lowest BCUT2D eigenvalue weighted by atomic mass is 10.1. The number of ether oxygens (including phenoxy) is 3. The highest BCUT2D eigenvalue weighted by molar-refractivity contribution is 5.91. The van der Waals surface area contributed by atoms with Crippen molar-refractivity contribution in [1.29, 1.82) is 0 Å². The molecule has 0 aromatic heterocycles. The van der Waals surface area contributed by atoms with Gasteiger partial charge in [-0.05, 0) is 48.0 Å². The van der Waals surface area contributed by atoms with Crippen molar-refractivity contribution in [2.45, 2.75) is 0 Å². The zero-order valence-corrected chi connectivity index (χ0v) is 13.7. The Morgan fingerprint density at radius 2 is 1.24 bits per heavy atom. The van der Waals surface area contributed by atoms with Crippen molar-refractivity contribution in [2.75, 3.05) is 14.2 Å². The first-order chi connectivity index (χ1) is 12.0. The average Bonchev–Trinajstić information content (AvgIpc) is 2.66. The maximum absolute atomic E-state index is 11.8. The molecule has 0 aliphatic rings. The minimum atomic E-state index is -0.567. The minimum Gasteiger partial charge on any atom is -0.465 e. The van der Waals surface area contributed by atoms with E-state index in [1.54, 1.807) is 30.3 Å².